The van der Waals surface area contributed by atoms with E-state index in [1.54, 1.807) is 36.4 Å². The molecule has 0 saturated carbocycles. The van der Waals surface area contributed by atoms with Crippen molar-refractivity contribution < 1.29 is 18.7 Å². The van der Waals surface area contributed by atoms with Crippen molar-refractivity contribution in [3.63, 3.8) is 0 Å². The summed E-state index contributed by atoms with van der Waals surface area (Å²) in [7, 11) is 0. The van der Waals surface area contributed by atoms with E-state index >= 15 is 4.39 Å². The first-order valence-electron chi connectivity index (χ1n) is 11.2. The fraction of sp³-hybridized carbons (Fsp3) is 0.360. The molecule has 35 heavy (non-hydrogen) atoms. The molecular formula is C25H25FN6O3. The molecule has 2 N–H and O–H groups in total. The molecular weight excluding hydrogens is 451 g/mol. The van der Waals surface area contributed by atoms with Gasteiger partial charge >= 0.3 is 11.8 Å². The number of piperidine rings is 1. The molecule has 2 amide bonds. The number of hydrogen-bond donors (Lipinski definition) is 2. The zero-order chi connectivity index (χ0) is 25.0. The predicted molar refractivity (Wildman–Crippen MR) is 130 cm³/mol. The maximum absolute atomic E-state index is 15.1. The van der Waals surface area contributed by atoms with Crippen LogP contribution in [0.5, 0.6) is 0 Å². The van der Waals surface area contributed by atoms with Crippen LogP contribution in [0.15, 0.2) is 42.5 Å². The number of carbonyl (C=O) groups excluding carboxylic acids is 2. The van der Waals surface area contributed by atoms with Crippen molar-refractivity contribution in [3.8, 4) is 0 Å². The van der Waals surface area contributed by atoms with E-state index in [-0.39, 0.29) is 19.0 Å². The van der Waals surface area contributed by atoms with Gasteiger partial charge in [-0.3, -0.25) is 14.5 Å². The van der Waals surface area contributed by atoms with Crippen LogP contribution in [0.1, 0.15) is 19.8 Å². The summed E-state index contributed by atoms with van der Waals surface area (Å²) >= 11 is 0. The van der Waals surface area contributed by atoms with Gasteiger partial charge < -0.3 is 20.3 Å². The highest BCUT2D eigenvalue weighted by molar-refractivity contribution is 5.90. The van der Waals surface area contributed by atoms with Gasteiger partial charge in [-0.1, -0.05) is 12.1 Å². The Morgan fingerprint density at radius 1 is 1.20 bits per heavy atom. The average Bonchev–Trinajstić information content (AvgIpc) is 3.24. The summed E-state index contributed by atoms with van der Waals surface area (Å²) in [6.07, 6.45) is -0.0947. The molecule has 2 aliphatic rings. The average molecular weight is 477 g/mol. The van der Waals surface area contributed by atoms with Gasteiger partial charge in [-0.15, -0.1) is 0 Å². The summed E-state index contributed by atoms with van der Waals surface area (Å²) in [5.41, 5.74) is 1.31. The molecule has 9 nitrogen and oxygen atoms in total. The number of ether oxygens (including phenoxy) is 1. The van der Waals surface area contributed by atoms with Gasteiger partial charge in [0.1, 0.15) is 11.9 Å². The normalized spacial score (nSPS) is 18.9. The van der Waals surface area contributed by atoms with Gasteiger partial charge in [-0.2, -0.15) is 0 Å². The smallest absolute Gasteiger partial charge is 0.414 e. The molecule has 2 aromatic rings. The molecule has 0 unspecified atom stereocenters. The topological polar surface area (TPSA) is 82.6 Å². The lowest BCUT2D eigenvalue weighted by atomic mass is 9.96. The SMILES string of the molecule is [C-]#[N+]c1ccc(NC2([N+]#[C-])CCN(c3ccc(N4C[C@H](CNC(C)=O)OC4=O)cc3F)CC2)cc1. The van der Waals surface area contributed by atoms with Crippen molar-refractivity contribution in [2.45, 2.75) is 31.5 Å². The third-order valence-corrected chi connectivity index (χ3v) is 6.21. The van der Waals surface area contributed by atoms with Crippen molar-refractivity contribution in [3.05, 3.63) is 71.1 Å². The standard InChI is InChI=1S/C25H25FN6O3/c1-17(33)29-15-21-16-32(24(34)35-21)20-8-9-23(22(26)14-20)31-12-10-25(28-3,11-13-31)30-19-6-4-18(27-2)5-7-19/h4-9,14,21,30H,10-13,15-16H2,1H3,(H,29,33)/t21-/m0/s1. The second-order valence-electron chi connectivity index (χ2n) is 8.60. The molecule has 4 rings (SSSR count). The zero-order valence-corrected chi connectivity index (χ0v) is 19.3. The molecule has 0 spiro atoms. The highest BCUT2D eigenvalue weighted by atomic mass is 19.1. The van der Waals surface area contributed by atoms with Gasteiger partial charge in [0.2, 0.25) is 5.91 Å². The van der Waals surface area contributed by atoms with Crippen LogP contribution in [0.2, 0.25) is 0 Å². The molecule has 2 aliphatic heterocycles. The number of amides is 2. The highest BCUT2D eigenvalue weighted by Gasteiger charge is 2.41. The van der Waals surface area contributed by atoms with Crippen LogP contribution in [0.25, 0.3) is 9.69 Å². The second-order valence-corrected chi connectivity index (χ2v) is 8.60. The largest absolute Gasteiger partial charge is 0.442 e. The molecule has 10 heteroatoms. The van der Waals surface area contributed by atoms with Gasteiger partial charge in [0.25, 0.3) is 0 Å². The summed E-state index contributed by atoms with van der Waals surface area (Å²) in [5, 5.41) is 5.91. The number of hydrogen-bond acceptors (Lipinski definition) is 5. The van der Waals surface area contributed by atoms with Gasteiger partial charge in [-0.05, 0) is 30.3 Å². The number of cyclic esters (lactones) is 1. The lowest BCUT2D eigenvalue weighted by molar-refractivity contribution is -0.119. The number of anilines is 3. The first-order chi connectivity index (χ1) is 16.8. The lowest BCUT2D eigenvalue weighted by Crippen LogP contribution is -2.47. The molecule has 0 aromatic heterocycles. The van der Waals surface area contributed by atoms with E-state index in [1.165, 1.54) is 17.9 Å². The quantitative estimate of drug-likeness (QED) is 0.612. The minimum Gasteiger partial charge on any atom is -0.442 e. The van der Waals surface area contributed by atoms with Crippen molar-refractivity contribution >= 4 is 34.7 Å². The van der Waals surface area contributed by atoms with Gasteiger partial charge in [0, 0.05) is 25.7 Å². The monoisotopic (exact) mass is 476 g/mol. The summed E-state index contributed by atoms with van der Waals surface area (Å²) in [4.78, 5) is 33.8. The van der Waals surface area contributed by atoms with E-state index in [0.717, 1.165) is 5.69 Å². The fourth-order valence-electron chi connectivity index (χ4n) is 4.29. The summed E-state index contributed by atoms with van der Waals surface area (Å²) < 4.78 is 20.3. The van der Waals surface area contributed by atoms with Crippen molar-refractivity contribution in [1.29, 1.82) is 0 Å². The predicted octanol–water partition coefficient (Wildman–Crippen LogP) is 4.17. The van der Waals surface area contributed by atoms with Crippen molar-refractivity contribution in [1.82, 2.24) is 5.32 Å². The highest BCUT2D eigenvalue weighted by Crippen LogP contribution is 2.34. The van der Waals surface area contributed by atoms with Crippen molar-refractivity contribution in [2.75, 3.05) is 41.3 Å². The van der Waals surface area contributed by atoms with Crippen LogP contribution in [0.3, 0.4) is 0 Å². The van der Waals surface area contributed by atoms with Crippen LogP contribution >= 0.6 is 0 Å². The molecule has 2 saturated heterocycles. The minimum absolute atomic E-state index is 0.201. The molecule has 0 aliphatic carbocycles. The fourth-order valence-corrected chi connectivity index (χ4v) is 4.29. The third-order valence-electron chi connectivity index (χ3n) is 6.21. The van der Waals surface area contributed by atoms with Gasteiger partial charge in [0.05, 0.1) is 43.9 Å². The zero-order valence-electron chi connectivity index (χ0n) is 19.3. The molecule has 0 bridgehead atoms. The van der Waals surface area contributed by atoms with E-state index < -0.39 is 23.7 Å². The van der Waals surface area contributed by atoms with Gasteiger partial charge in [-0.25, -0.2) is 20.6 Å². The number of nitrogens with zero attached hydrogens (tertiary/aromatic N) is 4. The van der Waals surface area contributed by atoms with Crippen LogP contribution in [0, 0.1) is 19.0 Å². The Labute approximate surface area is 203 Å². The number of nitrogens with one attached hydrogen (secondary N) is 2. The summed E-state index contributed by atoms with van der Waals surface area (Å²) in [5.74, 6) is -0.675. The van der Waals surface area contributed by atoms with Crippen LogP contribution < -0.4 is 20.4 Å². The van der Waals surface area contributed by atoms with Crippen molar-refractivity contribution in [2.24, 2.45) is 0 Å². The Hall–Kier alpha value is -4.31. The molecule has 2 aromatic carbocycles. The van der Waals surface area contributed by atoms with Crippen LogP contribution in [0.4, 0.5) is 31.9 Å². The van der Waals surface area contributed by atoms with E-state index in [0.29, 0.717) is 43.0 Å². The Balaban J connectivity index is 1.40. The van der Waals surface area contributed by atoms with E-state index in [9.17, 15) is 9.59 Å². The number of rotatable bonds is 6. The van der Waals surface area contributed by atoms with E-state index in [4.69, 9.17) is 17.9 Å². The molecule has 1 atom stereocenters. The van der Waals surface area contributed by atoms with Gasteiger partial charge in [0.15, 0.2) is 5.69 Å². The Bertz CT molecular complexity index is 1200. The molecule has 0 radical (unpaired) electrons. The number of benzene rings is 2. The lowest BCUT2D eigenvalue weighted by Gasteiger charge is -2.36. The Kier molecular flexibility index (Phi) is 6.74. The number of halogens is 1. The number of carbonyl (C=O) groups is 2. The Morgan fingerprint density at radius 3 is 2.51 bits per heavy atom. The van der Waals surface area contributed by atoms with Crippen LogP contribution in [-0.2, 0) is 9.53 Å². The molecule has 2 heterocycles. The van der Waals surface area contributed by atoms with E-state index in [2.05, 4.69) is 20.3 Å². The third kappa shape index (κ3) is 5.28. The summed E-state index contributed by atoms with van der Waals surface area (Å²) in [6.45, 7) is 17.6. The maximum atomic E-state index is 15.1. The summed E-state index contributed by atoms with van der Waals surface area (Å²) in [6, 6.07) is 11.6. The first kappa shape index (κ1) is 23.8. The Morgan fingerprint density at radius 2 is 1.91 bits per heavy atom. The van der Waals surface area contributed by atoms with E-state index in [1.807, 2.05) is 4.90 Å². The first-order valence-corrected chi connectivity index (χ1v) is 11.2. The maximum Gasteiger partial charge on any atom is 0.414 e. The van der Waals surface area contributed by atoms with Crippen LogP contribution in [-0.4, -0.2) is 49.9 Å². The second kappa shape index (κ2) is 9.90. The molecule has 180 valence electrons. The molecule has 2 fully saturated rings. The minimum atomic E-state index is -0.797.